The third-order valence-corrected chi connectivity index (χ3v) is 18.3. The molecule has 4 aromatic carbocycles. The van der Waals surface area contributed by atoms with Crippen LogP contribution in [0, 0.1) is 0 Å². The average molecular weight is 1320 g/mol. The van der Waals surface area contributed by atoms with E-state index in [2.05, 4.69) is 0 Å². The van der Waals surface area contributed by atoms with Crippen LogP contribution in [0.3, 0.4) is 0 Å². The largest absolute Gasteiger partial charge is 0.481 e. The number of ether oxygens (including phenoxy) is 10. The molecule has 0 spiro atoms. The van der Waals surface area contributed by atoms with Crippen molar-refractivity contribution < 1.29 is 114 Å². The van der Waals surface area contributed by atoms with E-state index in [4.69, 9.17) is 47.4 Å². The zero-order valence-corrected chi connectivity index (χ0v) is 53.3. The number of carboxylic acids is 1. The van der Waals surface area contributed by atoms with E-state index in [1.54, 1.807) is 43.1 Å². The summed E-state index contributed by atoms with van der Waals surface area (Å²) in [7, 11) is -16.9. The predicted octanol–water partition coefficient (Wildman–Crippen LogP) is 6.03. The van der Waals surface area contributed by atoms with E-state index in [0.717, 1.165) is 18.2 Å². The number of carbonyl (C=O) groups is 1. The third kappa shape index (κ3) is 19.3. The predicted molar refractivity (Wildman–Crippen MR) is 323 cm³/mol. The van der Waals surface area contributed by atoms with Gasteiger partial charge in [0, 0.05) is 79.1 Å². The van der Waals surface area contributed by atoms with E-state index < -0.39 is 76.9 Å². The summed E-state index contributed by atoms with van der Waals surface area (Å²) in [6.07, 6.45) is 6.67. The number of rotatable bonds is 42. The average Bonchev–Trinajstić information content (AvgIpc) is 1.53. The lowest BCUT2D eigenvalue weighted by Gasteiger charge is -2.27. The van der Waals surface area contributed by atoms with E-state index in [1.165, 1.54) is 18.2 Å². The molecule has 1 atom stereocenters. The minimum absolute atomic E-state index is 0.00975. The van der Waals surface area contributed by atoms with Gasteiger partial charge in [0.25, 0.3) is 40.5 Å². The molecule has 26 nitrogen and oxygen atoms in total. The Morgan fingerprint density at radius 2 is 0.977 bits per heavy atom. The van der Waals surface area contributed by atoms with Crippen LogP contribution in [0.15, 0.2) is 92.0 Å². The molecule has 6 rings (SSSR count). The van der Waals surface area contributed by atoms with Crippen LogP contribution < -0.4 is 4.90 Å². The van der Waals surface area contributed by atoms with Crippen LogP contribution in [0.25, 0.3) is 21.5 Å². The molecular formula is C58H81N2O24S4+. The number of nitrogens with zero attached hydrogens (tertiary/aromatic N) is 2. The number of benzene rings is 4. The number of aliphatic carboxylic acids is 1. The van der Waals surface area contributed by atoms with Gasteiger partial charge >= 0.3 is 5.97 Å². The van der Waals surface area contributed by atoms with Gasteiger partial charge in [0.15, 0.2) is 12.3 Å². The first-order chi connectivity index (χ1) is 41.7. The smallest absolute Gasteiger partial charge is 0.303 e. The van der Waals surface area contributed by atoms with Crippen molar-refractivity contribution in [3.63, 3.8) is 0 Å². The first-order valence-corrected chi connectivity index (χ1v) is 34.2. The molecule has 0 saturated heterocycles. The molecule has 2 aliphatic rings. The van der Waals surface area contributed by atoms with E-state index in [1.807, 2.05) is 25.7 Å². The maximum atomic E-state index is 13.4. The van der Waals surface area contributed by atoms with Crippen LogP contribution in [0.1, 0.15) is 64.0 Å². The fourth-order valence-electron chi connectivity index (χ4n) is 10.8. The monoisotopic (exact) mass is 1320 g/mol. The van der Waals surface area contributed by atoms with Gasteiger partial charge in [-0.2, -0.15) is 38.2 Å². The minimum atomic E-state index is -5.07. The van der Waals surface area contributed by atoms with Gasteiger partial charge in [0.1, 0.15) is 16.4 Å². The van der Waals surface area contributed by atoms with E-state index in [-0.39, 0.29) is 113 Å². The lowest BCUT2D eigenvalue weighted by atomic mass is 9.74. The summed E-state index contributed by atoms with van der Waals surface area (Å²) >= 11 is 0. The van der Waals surface area contributed by atoms with Crippen LogP contribution >= 0.6 is 0 Å². The highest BCUT2D eigenvalue weighted by Crippen LogP contribution is 2.53. The Labute approximate surface area is 514 Å². The van der Waals surface area contributed by atoms with Gasteiger partial charge in [-0.1, -0.05) is 38.5 Å². The van der Waals surface area contributed by atoms with E-state index in [0.29, 0.717) is 113 Å². The van der Waals surface area contributed by atoms with Gasteiger partial charge in [-0.3, -0.25) is 23.0 Å². The molecule has 0 aliphatic carbocycles. The SMILES string of the molecule is COCCOCCOCCOCCOCCOCC[N+]1=C(/C=C/C=C2/N(CCCCCC(=O)O)c3ccc4c(S(=O)(=O)O)cc(S(=O)(=O)O)cc4c3C2(C)C)C(C)(CCOCCOCCOCCOC)c2c1cc(S(=O)(=O)O)c1ccc(S(=O)(=O)O)cc21. The fraction of sp³-hybridized carbons (Fsp3) is 0.552. The van der Waals surface area contributed by atoms with Gasteiger partial charge in [-0.15, -0.1) is 0 Å². The molecule has 4 aromatic rings. The number of allylic oxidation sites excluding steroid dienone is 4. The highest BCUT2D eigenvalue weighted by atomic mass is 32.2. The number of fused-ring (bicyclic) bond motifs is 6. The Hall–Kier alpha value is -4.94. The summed E-state index contributed by atoms with van der Waals surface area (Å²) in [6, 6.07) is 9.53. The van der Waals surface area contributed by atoms with Crippen molar-refractivity contribution in [1.82, 2.24) is 0 Å². The molecule has 490 valence electrons. The second-order valence-electron chi connectivity index (χ2n) is 21.2. The number of anilines is 1. The van der Waals surface area contributed by atoms with Gasteiger partial charge in [0.2, 0.25) is 5.69 Å². The number of unbranched alkanes of at least 4 members (excludes halogenated alkanes) is 2. The summed E-state index contributed by atoms with van der Waals surface area (Å²) in [4.78, 5) is 10.8. The Kier molecular flexibility index (Phi) is 26.9. The van der Waals surface area contributed by atoms with Gasteiger partial charge in [-0.25, -0.2) is 0 Å². The molecule has 0 radical (unpaired) electrons. The van der Waals surface area contributed by atoms with Crippen molar-refractivity contribution in [3.8, 4) is 0 Å². The highest BCUT2D eigenvalue weighted by molar-refractivity contribution is 7.87. The molecule has 1 unspecified atom stereocenters. The number of methoxy groups -OCH3 is 2. The van der Waals surface area contributed by atoms with Crippen LogP contribution in [0.2, 0.25) is 0 Å². The van der Waals surface area contributed by atoms with E-state index >= 15 is 0 Å². The van der Waals surface area contributed by atoms with Crippen LogP contribution in [0.5, 0.6) is 0 Å². The Balaban J connectivity index is 1.42. The molecular weight excluding hydrogens is 1240 g/mol. The van der Waals surface area contributed by atoms with E-state index in [9.17, 15) is 61.8 Å². The summed E-state index contributed by atoms with van der Waals surface area (Å²) in [5.74, 6) is -0.966. The maximum Gasteiger partial charge on any atom is 0.303 e. The quantitative estimate of drug-likeness (QED) is 0.0192. The molecule has 5 N–H and O–H groups in total. The molecule has 88 heavy (non-hydrogen) atoms. The van der Waals surface area contributed by atoms with Gasteiger partial charge < -0.3 is 57.4 Å². The fourth-order valence-corrected chi connectivity index (χ4v) is 13.3. The van der Waals surface area contributed by atoms with Crippen molar-refractivity contribution in [1.29, 1.82) is 0 Å². The molecule has 0 aromatic heterocycles. The zero-order chi connectivity index (χ0) is 64.3. The molecule has 0 amide bonds. The molecule has 2 heterocycles. The van der Waals surface area contributed by atoms with Gasteiger partial charge in [-0.05, 0) is 78.9 Å². The molecule has 30 heteroatoms. The van der Waals surface area contributed by atoms with Gasteiger partial charge in [0.05, 0.1) is 121 Å². The van der Waals surface area contributed by atoms with Crippen molar-refractivity contribution >= 4 is 85.1 Å². The van der Waals surface area contributed by atoms with Crippen LogP contribution in [-0.4, -0.2) is 219 Å². The maximum absolute atomic E-state index is 13.4. The normalized spacial score (nSPS) is 16.7. The standard InChI is InChI=1S/C58H80N2O24S4/c1-57(2)52(59(18-8-6-7-12-54(61)62)48-16-15-45-46(55(48)57)39-43(86(66,67)68)40-50(45)87(69,70)71)10-9-11-53-58(3,17-20-77-26-28-81-32-30-79-24-22-75-4)56-47-38-42(85(63,64)65)13-14-44(47)51(88(72,73)74)41-49(56)60(53)19-21-78-27-29-82-34-35-84-37-36-83-33-31-80-25-23-76-5/h9-11,13-16,38-41H,6-8,12,17-37H2,1-5H3,(H4-,61,62,63,64,65,66,67,68,69,70,71,72,73,74)/p+1. The van der Waals surface area contributed by atoms with Crippen molar-refractivity contribution in [2.75, 3.05) is 151 Å². The zero-order valence-electron chi connectivity index (χ0n) is 50.0. The topological polar surface area (TPSA) is 353 Å². The first-order valence-electron chi connectivity index (χ1n) is 28.4. The Bertz CT molecular complexity index is 3610. The lowest BCUT2D eigenvalue weighted by Crippen LogP contribution is -2.34. The summed E-state index contributed by atoms with van der Waals surface area (Å²) < 4.78 is 203. The minimum Gasteiger partial charge on any atom is -0.481 e. The van der Waals surface area contributed by atoms with Crippen molar-refractivity contribution in [3.05, 3.63) is 83.6 Å². The third-order valence-electron chi connectivity index (χ3n) is 14.9. The molecule has 0 fully saturated rings. The highest BCUT2D eigenvalue weighted by Gasteiger charge is 2.50. The molecule has 0 saturated carbocycles. The summed E-state index contributed by atoms with van der Waals surface area (Å²) in [5, 5.41) is 9.48. The number of hydrogen-bond donors (Lipinski definition) is 5. The molecule has 0 bridgehead atoms. The van der Waals surface area contributed by atoms with Crippen LogP contribution in [0.4, 0.5) is 11.4 Å². The van der Waals surface area contributed by atoms with Crippen molar-refractivity contribution in [2.45, 2.75) is 83.3 Å². The number of hydrogen-bond acceptors (Lipinski definition) is 20. The lowest BCUT2D eigenvalue weighted by molar-refractivity contribution is -0.442. The molecule has 2 aliphatic heterocycles. The summed E-state index contributed by atoms with van der Waals surface area (Å²) in [6.45, 7) is 11.0. The first kappa shape index (κ1) is 72.1. The second kappa shape index (κ2) is 32.9. The second-order valence-corrected chi connectivity index (χ2v) is 26.9. The summed E-state index contributed by atoms with van der Waals surface area (Å²) in [5.41, 5.74) is 0.376. The van der Waals surface area contributed by atoms with Crippen LogP contribution in [-0.2, 0) is 103 Å². The van der Waals surface area contributed by atoms with Crippen molar-refractivity contribution in [2.24, 2.45) is 0 Å². The Morgan fingerprint density at radius 3 is 1.47 bits per heavy atom. The Morgan fingerprint density at radius 1 is 0.523 bits per heavy atom. The number of carboxylic acid groups (broad SMARTS) is 1.